The van der Waals surface area contributed by atoms with E-state index in [1.54, 1.807) is 11.8 Å². The van der Waals surface area contributed by atoms with Crippen LogP contribution in [0.15, 0.2) is 54.6 Å². The number of hydrogen-bond donors (Lipinski definition) is 1. The third-order valence-corrected chi connectivity index (χ3v) is 4.55. The number of likely N-dealkylation sites (tertiary alicyclic amines) is 1. The Morgan fingerprint density at radius 3 is 2.65 bits per heavy atom. The minimum atomic E-state index is -0.405. The van der Waals surface area contributed by atoms with E-state index >= 15 is 0 Å². The summed E-state index contributed by atoms with van der Waals surface area (Å²) in [4.78, 5) is 25.6. The summed E-state index contributed by atoms with van der Waals surface area (Å²) in [5.74, 6) is 1.54. The third kappa shape index (κ3) is 4.63. The Balaban J connectivity index is 1.49. The zero-order chi connectivity index (χ0) is 18.4. The zero-order valence-corrected chi connectivity index (χ0v) is 15.0. The zero-order valence-electron chi connectivity index (χ0n) is 15.0. The second-order valence-corrected chi connectivity index (χ2v) is 6.47. The van der Waals surface area contributed by atoms with Crippen molar-refractivity contribution in [2.45, 2.75) is 32.2 Å². The molecule has 0 aliphatic carbocycles. The first-order chi connectivity index (χ1) is 12.6. The van der Waals surface area contributed by atoms with E-state index in [1.165, 1.54) is 0 Å². The molecule has 3 rings (SSSR count). The minimum Gasteiger partial charge on any atom is -0.457 e. The maximum absolute atomic E-state index is 12.2. The van der Waals surface area contributed by atoms with Gasteiger partial charge in [-0.05, 0) is 49.6 Å². The van der Waals surface area contributed by atoms with Gasteiger partial charge in [0.25, 0.3) is 0 Å². The first-order valence-corrected chi connectivity index (χ1v) is 9.02. The summed E-state index contributed by atoms with van der Waals surface area (Å²) in [6, 6.07) is 17.1. The van der Waals surface area contributed by atoms with Crippen LogP contribution in [-0.2, 0) is 16.0 Å². The van der Waals surface area contributed by atoms with E-state index in [0.717, 1.165) is 23.5 Å². The van der Waals surface area contributed by atoms with E-state index in [2.05, 4.69) is 5.32 Å². The van der Waals surface area contributed by atoms with Gasteiger partial charge in [-0.3, -0.25) is 9.59 Å². The van der Waals surface area contributed by atoms with Crippen molar-refractivity contribution in [3.8, 4) is 11.5 Å². The van der Waals surface area contributed by atoms with E-state index in [9.17, 15) is 9.59 Å². The molecule has 0 radical (unpaired) electrons. The van der Waals surface area contributed by atoms with Crippen molar-refractivity contribution in [3.63, 3.8) is 0 Å². The number of nitrogens with zero attached hydrogens (tertiary/aromatic N) is 1. The van der Waals surface area contributed by atoms with Crippen molar-refractivity contribution >= 4 is 11.8 Å². The van der Waals surface area contributed by atoms with Crippen molar-refractivity contribution in [1.82, 2.24) is 10.2 Å². The molecule has 5 heteroatoms. The van der Waals surface area contributed by atoms with Crippen LogP contribution in [-0.4, -0.2) is 35.8 Å². The number of rotatable bonds is 7. The van der Waals surface area contributed by atoms with Crippen LogP contribution < -0.4 is 10.1 Å². The van der Waals surface area contributed by atoms with Crippen LogP contribution in [0.4, 0.5) is 0 Å². The van der Waals surface area contributed by atoms with Crippen molar-refractivity contribution in [2.24, 2.45) is 0 Å². The molecule has 1 saturated heterocycles. The van der Waals surface area contributed by atoms with Gasteiger partial charge in [0, 0.05) is 19.5 Å². The smallest absolute Gasteiger partial charge is 0.242 e. The number of amides is 2. The number of ether oxygens (including phenoxy) is 1. The molecule has 1 N–H and O–H groups in total. The third-order valence-electron chi connectivity index (χ3n) is 4.55. The highest BCUT2D eigenvalue weighted by molar-refractivity contribution is 5.88. The fraction of sp³-hybridized carbons (Fsp3) is 0.333. The highest BCUT2D eigenvalue weighted by Crippen LogP contribution is 2.22. The number of carbonyl (C=O) groups excluding carboxylic acids is 2. The molecular weight excluding hydrogens is 328 g/mol. The second kappa shape index (κ2) is 8.52. The SMILES string of the molecule is CC(C(=O)NCCc1cccc(Oc2ccccc2)c1)N1CCCC1=O. The maximum Gasteiger partial charge on any atom is 0.242 e. The van der Waals surface area contributed by atoms with E-state index in [4.69, 9.17) is 4.74 Å². The largest absolute Gasteiger partial charge is 0.457 e. The Morgan fingerprint density at radius 2 is 1.92 bits per heavy atom. The molecule has 0 bridgehead atoms. The molecule has 1 unspecified atom stereocenters. The number of carbonyl (C=O) groups is 2. The minimum absolute atomic E-state index is 0.0680. The molecule has 2 aromatic rings. The van der Waals surface area contributed by atoms with Gasteiger partial charge in [-0.1, -0.05) is 30.3 Å². The van der Waals surface area contributed by atoms with E-state index < -0.39 is 6.04 Å². The van der Waals surface area contributed by atoms with Gasteiger partial charge >= 0.3 is 0 Å². The molecule has 0 aromatic heterocycles. The van der Waals surface area contributed by atoms with Crippen LogP contribution >= 0.6 is 0 Å². The topological polar surface area (TPSA) is 58.6 Å². The summed E-state index contributed by atoms with van der Waals surface area (Å²) in [5, 5.41) is 2.92. The highest BCUT2D eigenvalue weighted by Gasteiger charge is 2.28. The average Bonchev–Trinajstić information content (AvgIpc) is 3.08. The number of hydrogen-bond acceptors (Lipinski definition) is 3. The monoisotopic (exact) mass is 352 g/mol. The lowest BCUT2D eigenvalue weighted by molar-refractivity contribution is -0.136. The predicted octanol–water partition coefficient (Wildman–Crippen LogP) is 3.15. The number of para-hydroxylation sites is 1. The van der Waals surface area contributed by atoms with E-state index in [0.29, 0.717) is 25.9 Å². The van der Waals surface area contributed by atoms with Gasteiger partial charge in [0.2, 0.25) is 11.8 Å². The van der Waals surface area contributed by atoms with Crippen molar-refractivity contribution in [2.75, 3.05) is 13.1 Å². The maximum atomic E-state index is 12.2. The van der Waals surface area contributed by atoms with Gasteiger partial charge in [0.1, 0.15) is 17.5 Å². The van der Waals surface area contributed by atoms with Gasteiger partial charge < -0.3 is 15.0 Å². The molecule has 5 nitrogen and oxygen atoms in total. The van der Waals surface area contributed by atoms with Crippen LogP contribution in [0.1, 0.15) is 25.3 Å². The number of nitrogens with one attached hydrogen (secondary N) is 1. The molecule has 2 amide bonds. The molecule has 0 saturated carbocycles. The standard InChI is InChI=1S/C21H24N2O3/c1-16(23-14-6-11-20(23)24)21(25)22-13-12-17-7-5-10-19(15-17)26-18-8-3-2-4-9-18/h2-5,7-10,15-16H,6,11-14H2,1H3,(H,22,25). The van der Waals surface area contributed by atoms with Crippen LogP contribution in [0.5, 0.6) is 11.5 Å². The first-order valence-electron chi connectivity index (χ1n) is 9.02. The van der Waals surface area contributed by atoms with Gasteiger partial charge in [0.05, 0.1) is 0 Å². The Labute approximate surface area is 154 Å². The Bertz CT molecular complexity index is 761. The molecule has 0 spiro atoms. The highest BCUT2D eigenvalue weighted by atomic mass is 16.5. The average molecular weight is 352 g/mol. The molecule has 1 aliphatic rings. The molecule has 26 heavy (non-hydrogen) atoms. The van der Waals surface area contributed by atoms with Crippen molar-refractivity contribution < 1.29 is 14.3 Å². The summed E-state index contributed by atoms with van der Waals surface area (Å²) in [6.07, 6.45) is 2.09. The quantitative estimate of drug-likeness (QED) is 0.833. The predicted molar refractivity (Wildman–Crippen MR) is 100 cm³/mol. The second-order valence-electron chi connectivity index (χ2n) is 6.47. The lowest BCUT2D eigenvalue weighted by Crippen LogP contribution is -2.46. The van der Waals surface area contributed by atoms with Crippen molar-refractivity contribution in [3.05, 3.63) is 60.2 Å². The molecule has 2 aromatic carbocycles. The summed E-state index contributed by atoms with van der Waals surface area (Å²) in [6.45, 7) is 2.99. The molecule has 1 heterocycles. The molecule has 1 fully saturated rings. The van der Waals surface area contributed by atoms with Gasteiger partial charge in [-0.2, -0.15) is 0 Å². The summed E-state index contributed by atoms with van der Waals surface area (Å²) in [5.41, 5.74) is 1.09. The fourth-order valence-corrected chi connectivity index (χ4v) is 3.09. The lowest BCUT2D eigenvalue weighted by Gasteiger charge is -2.23. The van der Waals surface area contributed by atoms with Gasteiger partial charge in [-0.25, -0.2) is 0 Å². The van der Waals surface area contributed by atoms with Crippen LogP contribution in [0.2, 0.25) is 0 Å². The fourth-order valence-electron chi connectivity index (χ4n) is 3.09. The molecule has 1 aliphatic heterocycles. The normalized spacial score (nSPS) is 15.0. The molecule has 136 valence electrons. The molecule has 1 atom stereocenters. The summed E-state index contributed by atoms with van der Waals surface area (Å²) in [7, 11) is 0. The van der Waals surface area contributed by atoms with Gasteiger partial charge in [0.15, 0.2) is 0 Å². The Kier molecular flexibility index (Phi) is 5.89. The van der Waals surface area contributed by atoms with E-state index in [-0.39, 0.29) is 11.8 Å². The van der Waals surface area contributed by atoms with Crippen LogP contribution in [0.25, 0.3) is 0 Å². The van der Waals surface area contributed by atoms with Crippen molar-refractivity contribution in [1.29, 1.82) is 0 Å². The summed E-state index contributed by atoms with van der Waals surface area (Å²) < 4.78 is 5.83. The molecular formula is C21H24N2O3. The Hall–Kier alpha value is -2.82. The van der Waals surface area contributed by atoms with Gasteiger partial charge in [-0.15, -0.1) is 0 Å². The summed E-state index contributed by atoms with van der Waals surface area (Å²) >= 11 is 0. The Morgan fingerprint density at radius 1 is 1.15 bits per heavy atom. The van der Waals surface area contributed by atoms with Crippen LogP contribution in [0.3, 0.4) is 0 Å². The first kappa shape index (κ1) is 18.0. The van der Waals surface area contributed by atoms with Crippen LogP contribution in [0, 0.1) is 0 Å². The number of benzene rings is 2. The van der Waals surface area contributed by atoms with E-state index in [1.807, 2.05) is 54.6 Å². The lowest BCUT2D eigenvalue weighted by atomic mass is 10.1.